The first-order valence-electron chi connectivity index (χ1n) is 8.09. The van der Waals surface area contributed by atoms with E-state index in [1.54, 1.807) is 0 Å². The van der Waals surface area contributed by atoms with Crippen LogP contribution in [0.4, 0.5) is 13.6 Å². The van der Waals surface area contributed by atoms with E-state index in [2.05, 4.69) is 0 Å². The Morgan fingerprint density at radius 3 is 2.08 bits per heavy atom. The van der Waals surface area contributed by atoms with Crippen LogP contribution in [0.3, 0.4) is 0 Å². The quantitative estimate of drug-likeness (QED) is 0.824. The minimum atomic E-state index is -2.99. The molecule has 2 aromatic carbocycles. The fourth-order valence-corrected chi connectivity index (χ4v) is 3.18. The van der Waals surface area contributed by atoms with E-state index < -0.39 is 31.0 Å². The lowest BCUT2D eigenvalue weighted by atomic mass is 9.98. The van der Waals surface area contributed by atoms with Crippen molar-refractivity contribution in [2.24, 2.45) is 0 Å². The van der Waals surface area contributed by atoms with Crippen LogP contribution in [0.2, 0.25) is 0 Å². The maximum Gasteiger partial charge on any atom is 0.407 e. The summed E-state index contributed by atoms with van der Waals surface area (Å²) in [7, 11) is 0. The number of alkyl carbamates (subject to hydrolysis) is 1. The Bertz CT molecular complexity index is 779. The maximum absolute atomic E-state index is 12.8. The van der Waals surface area contributed by atoms with Crippen LogP contribution in [0, 0.1) is 0 Å². The van der Waals surface area contributed by atoms with E-state index in [-0.39, 0.29) is 12.5 Å². The molecule has 0 aliphatic heterocycles. The first-order valence-corrected chi connectivity index (χ1v) is 8.09. The molecule has 0 radical (unpaired) electrons. The van der Waals surface area contributed by atoms with Gasteiger partial charge < -0.3 is 15.2 Å². The van der Waals surface area contributed by atoms with Crippen LogP contribution in [0.1, 0.15) is 23.5 Å². The molecule has 0 saturated heterocycles. The highest BCUT2D eigenvalue weighted by Crippen LogP contribution is 2.44. The number of rotatable bonds is 6. The number of ether oxygens (including phenoxy) is 1. The van der Waals surface area contributed by atoms with E-state index in [0.717, 1.165) is 22.3 Å². The number of aliphatic carboxylic acids is 1. The van der Waals surface area contributed by atoms with Crippen molar-refractivity contribution in [3.05, 3.63) is 59.7 Å². The van der Waals surface area contributed by atoms with Gasteiger partial charge in [-0.1, -0.05) is 48.5 Å². The Kier molecular flexibility index (Phi) is 5.16. The van der Waals surface area contributed by atoms with Crippen LogP contribution in [0.15, 0.2) is 48.5 Å². The Labute approximate surface area is 148 Å². The van der Waals surface area contributed by atoms with Gasteiger partial charge >= 0.3 is 12.1 Å². The van der Waals surface area contributed by atoms with Gasteiger partial charge in [-0.2, -0.15) is 0 Å². The highest BCUT2D eigenvalue weighted by Gasteiger charge is 2.30. The Morgan fingerprint density at radius 2 is 1.58 bits per heavy atom. The number of alkyl halides is 2. The summed E-state index contributed by atoms with van der Waals surface area (Å²) in [6, 6.07) is 13.7. The van der Waals surface area contributed by atoms with Crippen molar-refractivity contribution in [2.45, 2.75) is 24.8 Å². The third-order valence-electron chi connectivity index (χ3n) is 4.35. The van der Waals surface area contributed by atoms with Crippen molar-refractivity contribution in [3.8, 4) is 11.1 Å². The predicted octanol–water partition coefficient (Wildman–Crippen LogP) is 3.63. The van der Waals surface area contributed by atoms with Crippen molar-refractivity contribution in [1.29, 1.82) is 0 Å². The third kappa shape index (κ3) is 3.66. The van der Waals surface area contributed by atoms with Gasteiger partial charge in [-0.05, 0) is 22.3 Å². The standard InChI is InChI=1S/C19H17F2NO4/c20-18(21)16(9-17(23)24)22-19(25)26-10-15-13-7-3-1-5-11(13)12-6-2-4-8-14(12)15/h1-8,15-16,18H,9-10H2,(H,22,25)(H,23,24)/t16-/m0/s1. The summed E-state index contributed by atoms with van der Waals surface area (Å²) >= 11 is 0. The van der Waals surface area contributed by atoms with Crippen LogP contribution in [0.25, 0.3) is 11.1 Å². The first kappa shape index (κ1) is 17.8. The van der Waals surface area contributed by atoms with Gasteiger partial charge in [0.2, 0.25) is 0 Å². The van der Waals surface area contributed by atoms with Crippen molar-refractivity contribution < 1.29 is 28.2 Å². The van der Waals surface area contributed by atoms with Crippen LogP contribution < -0.4 is 5.32 Å². The van der Waals surface area contributed by atoms with Gasteiger partial charge in [-0.3, -0.25) is 4.79 Å². The minimum absolute atomic E-state index is 0.0249. The average molecular weight is 361 g/mol. The van der Waals surface area contributed by atoms with Gasteiger partial charge in [0.05, 0.1) is 6.42 Å². The highest BCUT2D eigenvalue weighted by atomic mass is 19.3. The summed E-state index contributed by atoms with van der Waals surface area (Å²) in [5, 5.41) is 10.6. The molecule has 0 aromatic heterocycles. The number of amides is 1. The molecule has 0 unspecified atom stereocenters. The normalized spacial score (nSPS) is 13.8. The number of nitrogens with one attached hydrogen (secondary N) is 1. The van der Waals surface area contributed by atoms with Gasteiger partial charge in [-0.15, -0.1) is 0 Å². The molecule has 2 aromatic rings. The SMILES string of the molecule is O=C(O)C[C@H](NC(=O)OCC1c2ccccc2-c2ccccc21)C(F)F. The molecule has 0 spiro atoms. The van der Waals surface area contributed by atoms with Crippen LogP contribution in [0.5, 0.6) is 0 Å². The lowest BCUT2D eigenvalue weighted by Crippen LogP contribution is -2.42. The molecular weight excluding hydrogens is 344 g/mol. The van der Waals surface area contributed by atoms with E-state index >= 15 is 0 Å². The molecule has 1 aliphatic rings. The molecule has 0 saturated carbocycles. The summed E-state index contributed by atoms with van der Waals surface area (Å²) in [4.78, 5) is 22.5. The Morgan fingerprint density at radius 1 is 1.04 bits per heavy atom. The van der Waals surface area contributed by atoms with Crippen molar-refractivity contribution in [1.82, 2.24) is 5.32 Å². The Balaban J connectivity index is 1.70. The second-order valence-electron chi connectivity index (χ2n) is 6.01. The molecule has 1 aliphatic carbocycles. The second-order valence-corrected chi connectivity index (χ2v) is 6.01. The molecule has 0 heterocycles. The highest BCUT2D eigenvalue weighted by molar-refractivity contribution is 5.79. The molecule has 1 atom stereocenters. The number of hydrogen-bond acceptors (Lipinski definition) is 3. The second kappa shape index (κ2) is 7.51. The summed E-state index contributed by atoms with van der Waals surface area (Å²) < 4.78 is 30.8. The summed E-state index contributed by atoms with van der Waals surface area (Å²) in [5.74, 6) is -1.62. The third-order valence-corrected chi connectivity index (χ3v) is 4.35. The summed E-state index contributed by atoms with van der Waals surface area (Å²) in [6.07, 6.45) is -4.92. The number of carbonyl (C=O) groups excluding carboxylic acids is 1. The zero-order valence-corrected chi connectivity index (χ0v) is 13.7. The van der Waals surface area contributed by atoms with Gasteiger partial charge in [0.25, 0.3) is 6.43 Å². The molecular formula is C19H17F2NO4. The predicted molar refractivity (Wildman–Crippen MR) is 90.2 cm³/mol. The largest absolute Gasteiger partial charge is 0.481 e. The number of carboxylic acids is 1. The minimum Gasteiger partial charge on any atom is -0.481 e. The average Bonchev–Trinajstić information content (AvgIpc) is 2.93. The first-order chi connectivity index (χ1) is 12.5. The number of carbonyl (C=O) groups is 2. The van der Waals surface area contributed by atoms with E-state index in [0.29, 0.717) is 0 Å². The monoisotopic (exact) mass is 361 g/mol. The summed E-state index contributed by atoms with van der Waals surface area (Å²) in [5.41, 5.74) is 4.09. The topological polar surface area (TPSA) is 75.6 Å². The van der Waals surface area contributed by atoms with Crippen LogP contribution in [-0.2, 0) is 9.53 Å². The number of hydrogen-bond donors (Lipinski definition) is 2. The van der Waals surface area contributed by atoms with Gasteiger partial charge in [0.1, 0.15) is 12.6 Å². The Hall–Kier alpha value is -2.96. The van der Waals surface area contributed by atoms with E-state index in [1.807, 2.05) is 53.8 Å². The zero-order valence-electron chi connectivity index (χ0n) is 13.7. The molecule has 1 amide bonds. The summed E-state index contributed by atoms with van der Waals surface area (Å²) in [6.45, 7) is -0.0249. The van der Waals surface area contributed by atoms with Gasteiger partial charge in [0, 0.05) is 5.92 Å². The molecule has 5 nitrogen and oxygen atoms in total. The molecule has 2 N–H and O–H groups in total. The molecule has 7 heteroatoms. The zero-order chi connectivity index (χ0) is 18.7. The van der Waals surface area contributed by atoms with Crippen LogP contribution >= 0.6 is 0 Å². The fourth-order valence-electron chi connectivity index (χ4n) is 3.18. The smallest absolute Gasteiger partial charge is 0.407 e. The number of fused-ring (bicyclic) bond motifs is 3. The van der Waals surface area contributed by atoms with E-state index in [1.165, 1.54) is 0 Å². The molecule has 0 fully saturated rings. The van der Waals surface area contributed by atoms with Gasteiger partial charge in [0.15, 0.2) is 0 Å². The molecule has 136 valence electrons. The maximum atomic E-state index is 12.8. The van der Waals surface area contributed by atoms with Crippen molar-refractivity contribution >= 4 is 12.1 Å². The number of benzene rings is 2. The van der Waals surface area contributed by atoms with E-state index in [9.17, 15) is 18.4 Å². The molecule has 3 rings (SSSR count). The van der Waals surface area contributed by atoms with Crippen molar-refractivity contribution in [3.63, 3.8) is 0 Å². The lowest BCUT2D eigenvalue weighted by molar-refractivity contribution is -0.138. The van der Waals surface area contributed by atoms with Crippen molar-refractivity contribution in [2.75, 3.05) is 6.61 Å². The lowest BCUT2D eigenvalue weighted by Gasteiger charge is -2.18. The van der Waals surface area contributed by atoms with Crippen LogP contribution in [-0.4, -0.2) is 36.2 Å². The molecule has 0 bridgehead atoms. The number of halogens is 2. The van der Waals surface area contributed by atoms with Gasteiger partial charge in [-0.25, -0.2) is 13.6 Å². The molecule has 26 heavy (non-hydrogen) atoms. The fraction of sp³-hybridized carbons (Fsp3) is 0.263. The van der Waals surface area contributed by atoms with E-state index in [4.69, 9.17) is 9.84 Å². The number of carboxylic acid groups (broad SMARTS) is 1.